The zero-order valence-corrected chi connectivity index (χ0v) is 13.0. The first kappa shape index (κ1) is 15.6. The van der Waals surface area contributed by atoms with Gasteiger partial charge in [0.15, 0.2) is 0 Å². The number of amides is 2. The summed E-state index contributed by atoms with van der Waals surface area (Å²) >= 11 is 1.70. The van der Waals surface area contributed by atoms with Crippen LogP contribution < -0.4 is 11.1 Å². The topological polar surface area (TPSA) is 75.4 Å². The number of carbonyl (C=O) groups excluding carboxylic acids is 2. The third-order valence-corrected chi connectivity index (χ3v) is 4.69. The van der Waals surface area contributed by atoms with E-state index in [0.717, 1.165) is 44.5 Å². The quantitative estimate of drug-likeness (QED) is 0.752. The number of thioether (sulfide) groups is 1. The Kier molecular flexibility index (Phi) is 5.72. The Bertz CT molecular complexity index is 352. The molecule has 2 fully saturated rings. The van der Waals surface area contributed by atoms with Gasteiger partial charge in [0.25, 0.3) is 0 Å². The summed E-state index contributed by atoms with van der Waals surface area (Å²) in [6.45, 7) is 1.53. The van der Waals surface area contributed by atoms with Crippen LogP contribution in [0.1, 0.15) is 32.1 Å². The maximum Gasteiger partial charge on any atom is 0.237 e. The number of carbonyl (C=O) groups is 2. The first-order valence-electron chi connectivity index (χ1n) is 7.45. The minimum atomic E-state index is -0.409. The highest BCUT2D eigenvalue weighted by atomic mass is 32.2. The molecule has 0 unspecified atom stereocenters. The van der Waals surface area contributed by atoms with Crippen LogP contribution in [0.15, 0.2) is 0 Å². The number of nitrogens with two attached hydrogens (primary N) is 1. The monoisotopic (exact) mass is 299 g/mol. The van der Waals surface area contributed by atoms with Crippen LogP contribution in [0.4, 0.5) is 0 Å². The highest BCUT2D eigenvalue weighted by molar-refractivity contribution is 7.98. The lowest BCUT2D eigenvalue weighted by atomic mass is 10.0. The molecule has 0 spiro atoms. The maximum absolute atomic E-state index is 11.9. The molecule has 0 radical (unpaired) electrons. The smallest absolute Gasteiger partial charge is 0.237 e. The molecule has 1 heterocycles. The summed E-state index contributed by atoms with van der Waals surface area (Å²) < 4.78 is 0. The van der Waals surface area contributed by atoms with Crippen molar-refractivity contribution < 1.29 is 9.59 Å². The number of piperidine rings is 1. The van der Waals surface area contributed by atoms with E-state index < -0.39 is 6.04 Å². The predicted octanol–water partition coefficient (Wildman–Crippen LogP) is 0.584. The van der Waals surface area contributed by atoms with Crippen molar-refractivity contribution in [2.45, 2.75) is 44.2 Å². The van der Waals surface area contributed by atoms with E-state index in [9.17, 15) is 9.59 Å². The van der Waals surface area contributed by atoms with Gasteiger partial charge in [0.1, 0.15) is 0 Å². The van der Waals surface area contributed by atoms with Gasteiger partial charge in [-0.2, -0.15) is 11.8 Å². The van der Waals surface area contributed by atoms with Crippen LogP contribution >= 0.6 is 11.8 Å². The van der Waals surface area contributed by atoms with Gasteiger partial charge in [-0.25, -0.2) is 0 Å². The van der Waals surface area contributed by atoms with Crippen molar-refractivity contribution in [1.29, 1.82) is 0 Å². The van der Waals surface area contributed by atoms with Crippen molar-refractivity contribution in [3.05, 3.63) is 0 Å². The van der Waals surface area contributed by atoms with E-state index in [4.69, 9.17) is 5.73 Å². The zero-order chi connectivity index (χ0) is 14.5. The zero-order valence-electron chi connectivity index (χ0n) is 12.1. The average Bonchev–Trinajstić information content (AvgIpc) is 3.29. The molecule has 5 nitrogen and oxygen atoms in total. The van der Waals surface area contributed by atoms with Gasteiger partial charge in [-0.3, -0.25) is 9.59 Å². The normalized spacial score (nSPS) is 21.6. The van der Waals surface area contributed by atoms with E-state index in [2.05, 4.69) is 5.32 Å². The first-order valence-corrected chi connectivity index (χ1v) is 8.85. The number of rotatable bonds is 6. The van der Waals surface area contributed by atoms with Crippen molar-refractivity contribution in [2.75, 3.05) is 25.1 Å². The van der Waals surface area contributed by atoms with Crippen LogP contribution in [-0.2, 0) is 9.59 Å². The highest BCUT2D eigenvalue weighted by Gasteiger charge is 2.35. The van der Waals surface area contributed by atoms with Gasteiger partial charge in [0.05, 0.1) is 6.04 Å². The number of likely N-dealkylation sites (tertiary alicyclic amines) is 1. The summed E-state index contributed by atoms with van der Waals surface area (Å²) in [5.41, 5.74) is 5.85. The Morgan fingerprint density at radius 2 is 1.95 bits per heavy atom. The summed E-state index contributed by atoms with van der Waals surface area (Å²) in [6, 6.07) is -0.236. The molecular weight excluding hydrogens is 274 g/mol. The third kappa shape index (κ3) is 4.38. The average molecular weight is 299 g/mol. The summed E-state index contributed by atoms with van der Waals surface area (Å²) in [4.78, 5) is 25.8. The number of nitrogens with one attached hydrogen (secondary N) is 1. The molecule has 2 amide bonds. The lowest BCUT2D eigenvalue weighted by Crippen LogP contribution is -2.50. The first-order chi connectivity index (χ1) is 9.61. The van der Waals surface area contributed by atoms with E-state index >= 15 is 0 Å². The standard InChI is InChI=1S/C14H25N3O2S/c1-20-9-6-12(15)13(18)16-11-4-7-17(8-5-11)14(19)10-2-3-10/h10-12H,2-9,15H2,1H3,(H,16,18)/t12-/m1/s1. The molecule has 0 aromatic rings. The van der Waals surface area contributed by atoms with Crippen LogP contribution in [0.25, 0.3) is 0 Å². The lowest BCUT2D eigenvalue weighted by molar-refractivity contribution is -0.133. The Labute approximate surface area is 125 Å². The minimum Gasteiger partial charge on any atom is -0.352 e. The van der Waals surface area contributed by atoms with E-state index in [1.54, 1.807) is 11.8 Å². The molecule has 1 aliphatic heterocycles. The molecule has 20 heavy (non-hydrogen) atoms. The second-order valence-electron chi connectivity index (χ2n) is 5.77. The van der Waals surface area contributed by atoms with Crippen molar-refractivity contribution in [3.8, 4) is 0 Å². The largest absolute Gasteiger partial charge is 0.352 e. The fraction of sp³-hybridized carbons (Fsp3) is 0.857. The number of hydrogen-bond acceptors (Lipinski definition) is 4. The van der Waals surface area contributed by atoms with Crippen LogP contribution in [0, 0.1) is 5.92 Å². The van der Waals surface area contributed by atoms with Crippen molar-refractivity contribution >= 4 is 23.6 Å². The molecule has 6 heteroatoms. The third-order valence-electron chi connectivity index (χ3n) is 4.05. The molecule has 3 N–H and O–H groups in total. The Morgan fingerprint density at radius 3 is 2.50 bits per heavy atom. The molecule has 2 aliphatic rings. The molecule has 0 aromatic heterocycles. The maximum atomic E-state index is 11.9. The van der Waals surface area contributed by atoms with E-state index in [0.29, 0.717) is 18.2 Å². The fourth-order valence-electron chi connectivity index (χ4n) is 2.52. The lowest BCUT2D eigenvalue weighted by Gasteiger charge is -2.33. The van der Waals surface area contributed by atoms with Gasteiger partial charge < -0.3 is 16.0 Å². The van der Waals surface area contributed by atoms with Crippen molar-refractivity contribution in [2.24, 2.45) is 11.7 Å². The van der Waals surface area contributed by atoms with E-state index in [-0.39, 0.29) is 11.9 Å². The molecule has 1 aliphatic carbocycles. The Morgan fingerprint density at radius 1 is 1.30 bits per heavy atom. The fourth-order valence-corrected chi connectivity index (χ4v) is 3.01. The molecule has 1 saturated carbocycles. The summed E-state index contributed by atoms with van der Waals surface area (Å²) in [6.07, 6.45) is 6.53. The van der Waals surface area contributed by atoms with E-state index in [1.165, 1.54) is 0 Å². The SMILES string of the molecule is CSCC[C@@H](N)C(=O)NC1CCN(C(=O)C2CC2)CC1. The van der Waals surface area contributed by atoms with Gasteiger partial charge >= 0.3 is 0 Å². The molecule has 0 aromatic carbocycles. The second kappa shape index (κ2) is 7.31. The summed E-state index contributed by atoms with van der Waals surface area (Å²) in [5.74, 6) is 1.46. The van der Waals surface area contributed by atoms with Gasteiger partial charge in [-0.15, -0.1) is 0 Å². The van der Waals surface area contributed by atoms with Gasteiger partial charge in [-0.05, 0) is 44.1 Å². The Balaban J connectivity index is 1.68. The number of nitrogens with zero attached hydrogens (tertiary/aromatic N) is 1. The molecule has 114 valence electrons. The van der Waals surface area contributed by atoms with Gasteiger partial charge in [0, 0.05) is 25.0 Å². The molecule has 1 saturated heterocycles. The molecule has 1 atom stereocenters. The number of hydrogen-bond donors (Lipinski definition) is 2. The van der Waals surface area contributed by atoms with Crippen LogP contribution in [0.2, 0.25) is 0 Å². The van der Waals surface area contributed by atoms with Crippen LogP contribution in [0.5, 0.6) is 0 Å². The van der Waals surface area contributed by atoms with Crippen molar-refractivity contribution in [1.82, 2.24) is 10.2 Å². The van der Waals surface area contributed by atoms with Gasteiger partial charge in [0.2, 0.25) is 11.8 Å². The van der Waals surface area contributed by atoms with Crippen LogP contribution in [0.3, 0.4) is 0 Å². The van der Waals surface area contributed by atoms with E-state index in [1.807, 2.05) is 11.2 Å². The highest BCUT2D eigenvalue weighted by Crippen LogP contribution is 2.31. The summed E-state index contributed by atoms with van der Waals surface area (Å²) in [5, 5.41) is 3.02. The molecule has 0 bridgehead atoms. The minimum absolute atomic E-state index is 0.0500. The predicted molar refractivity (Wildman–Crippen MR) is 81.4 cm³/mol. The molecular formula is C14H25N3O2S. The van der Waals surface area contributed by atoms with Gasteiger partial charge in [-0.1, -0.05) is 0 Å². The Hall–Kier alpha value is -0.750. The molecule has 2 rings (SSSR count). The summed E-state index contributed by atoms with van der Waals surface area (Å²) in [7, 11) is 0. The van der Waals surface area contributed by atoms with Crippen molar-refractivity contribution in [3.63, 3.8) is 0 Å². The van der Waals surface area contributed by atoms with Crippen LogP contribution in [-0.4, -0.2) is 53.9 Å². The second-order valence-corrected chi connectivity index (χ2v) is 6.76.